The zero-order valence-corrected chi connectivity index (χ0v) is 13.1. The van der Waals surface area contributed by atoms with E-state index < -0.39 is 0 Å². The Balaban J connectivity index is 2.42. The Kier molecular flexibility index (Phi) is 4.63. The summed E-state index contributed by atoms with van der Waals surface area (Å²) in [7, 11) is 4.12. The highest BCUT2D eigenvalue weighted by Gasteiger charge is 2.11. The average Bonchev–Trinajstić information content (AvgIpc) is 2.77. The Hall–Kier alpha value is -0.870. The van der Waals surface area contributed by atoms with Gasteiger partial charge in [-0.25, -0.2) is 0 Å². The molecule has 0 amide bonds. The minimum atomic E-state index is 0.0864. The summed E-state index contributed by atoms with van der Waals surface area (Å²) in [4.78, 5) is 4.61. The first kappa shape index (κ1) is 14.5. The van der Waals surface area contributed by atoms with E-state index in [0.29, 0.717) is 0 Å². The normalized spacial score (nSPS) is 12.9. The molecule has 0 aliphatic heterocycles. The van der Waals surface area contributed by atoms with Gasteiger partial charge in [0, 0.05) is 27.4 Å². The van der Waals surface area contributed by atoms with Crippen LogP contribution in [0.5, 0.6) is 0 Å². The van der Waals surface area contributed by atoms with Gasteiger partial charge in [-0.15, -0.1) is 11.3 Å². The van der Waals surface area contributed by atoms with Crippen molar-refractivity contribution in [3.05, 3.63) is 45.8 Å². The van der Waals surface area contributed by atoms with E-state index in [0.717, 1.165) is 11.6 Å². The highest BCUT2D eigenvalue weighted by Crippen LogP contribution is 2.34. The molecule has 0 saturated heterocycles. The zero-order valence-electron chi connectivity index (χ0n) is 11.5. The molecule has 2 nitrogen and oxygen atoms in total. The summed E-state index contributed by atoms with van der Waals surface area (Å²) in [6.45, 7) is 2.89. The molecule has 102 valence electrons. The maximum absolute atomic E-state index is 6.11. The summed E-state index contributed by atoms with van der Waals surface area (Å²) in [6.07, 6.45) is 0. The fourth-order valence-electron chi connectivity index (χ4n) is 2.02. The van der Waals surface area contributed by atoms with E-state index in [4.69, 9.17) is 17.3 Å². The monoisotopic (exact) mass is 294 g/mol. The second kappa shape index (κ2) is 6.06. The van der Waals surface area contributed by atoms with Gasteiger partial charge in [-0.05, 0) is 56.4 Å². The van der Waals surface area contributed by atoms with Crippen LogP contribution in [-0.2, 0) is 6.54 Å². The summed E-state index contributed by atoms with van der Waals surface area (Å²) in [6, 6.07) is 10.4. The summed E-state index contributed by atoms with van der Waals surface area (Å²) in [5, 5.41) is 0.782. The fourth-order valence-corrected chi connectivity index (χ4v) is 3.23. The topological polar surface area (TPSA) is 29.3 Å². The Morgan fingerprint density at radius 1 is 1.26 bits per heavy atom. The van der Waals surface area contributed by atoms with Crippen molar-refractivity contribution >= 4 is 22.9 Å². The molecule has 0 aliphatic rings. The van der Waals surface area contributed by atoms with E-state index in [-0.39, 0.29) is 6.04 Å². The lowest BCUT2D eigenvalue weighted by Gasteiger charge is -2.14. The lowest BCUT2D eigenvalue weighted by molar-refractivity contribution is 0.403. The van der Waals surface area contributed by atoms with Gasteiger partial charge in [0.1, 0.15) is 0 Å². The van der Waals surface area contributed by atoms with Crippen LogP contribution in [0.2, 0.25) is 5.02 Å². The summed E-state index contributed by atoms with van der Waals surface area (Å²) in [5.74, 6) is 0. The lowest BCUT2D eigenvalue weighted by Crippen LogP contribution is -2.11. The molecule has 2 rings (SSSR count). The number of hydrogen-bond donors (Lipinski definition) is 1. The minimum absolute atomic E-state index is 0.0864. The highest BCUT2D eigenvalue weighted by atomic mass is 35.5. The van der Waals surface area contributed by atoms with Crippen molar-refractivity contribution in [1.82, 2.24) is 4.90 Å². The van der Waals surface area contributed by atoms with Crippen molar-refractivity contribution in [2.75, 3.05) is 14.1 Å². The van der Waals surface area contributed by atoms with E-state index in [2.05, 4.69) is 37.2 Å². The Bertz CT molecular complexity index is 561. The van der Waals surface area contributed by atoms with Gasteiger partial charge in [0.05, 0.1) is 0 Å². The average molecular weight is 295 g/mol. The van der Waals surface area contributed by atoms with Crippen molar-refractivity contribution in [2.24, 2.45) is 5.73 Å². The second-order valence-corrected chi connectivity index (χ2v) is 6.58. The van der Waals surface area contributed by atoms with E-state index in [9.17, 15) is 0 Å². The van der Waals surface area contributed by atoms with Crippen molar-refractivity contribution in [2.45, 2.75) is 19.5 Å². The van der Waals surface area contributed by atoms with Gasteiger partial charge >= 0.3 is 0 Å². The van der Waals surface area contributed by atoms with Crippen LogP contribution < -0.4 is 5.73 Å². The summed E-state index contributed by atoms with van der Waals surface area (Å²) < 4.78 is 0. The van der Waals surface area contributed by atoms with Crippen LogP contribution in [0.15, 0.2) is 30.3 Å². The lowest BCUT2D eigenvalue weighted by atomic mass is 10.1. The van der Waals surface area contributed by atoms with Crippen LogP contribution in [0.25, 0.3) is 10.4 Å². The molecule has 19 heavy (non-hydrogen) atoms. The maximum Gasteiger partial charge on any atom is 0.0409 e. The molecule has 2 N–H and O–H groups in total. The van der Waals surface area contributed by atoms with Crippen molar-refractivity contribution in [3.8, 4) is 10.4 Å². The van der Waals surface area contributed by atoms with E-state index in [1.165, 1.54) is 20.9 Å². The molecule has 0 radical (unpaired) electrons. The first-order valence-corrected chi connectivity index (χ1v) is 7.45. The zero-order chi connectivity index (χ0) is 14.0. The molecule has 0 saturated carbocycles. The predicted octanol–water partition coefficient (Wildman–Crippen LogP) is 4.15. The first-order chi connectivity index (χ1) is 8.97. The van der Waals surface area contributed by atoms with Gasteiger partial charge < -0.3 is 10.6 Å². The second-order valence-electron chi connectivity index (χ2n) is 5.03. The van der Waals surface area contributed by atoms with Gasteiger partial charge in [-0.2, -0.15) is 0 Å². The Morgan fingerprint density at radius 2 is 2.00 bits per heavy atom. The van der Waals surface area contributed by atoms with Crippen LogP contribution in [0.3, 0.4) is 0 Å². The number of nitrogens with two attached hydrogens (primary N) is 1. The largest absolute Gasteiger partial charge is 0.324 e. The molecular formula is C15H19ClN2S. The summed E-state index contributed by atoms with van der Waals surface area (Å²) in [5.41, 5.74) is 8.42. The van der Waals surface area contributed by atoms with E-state index in [1.54, 1.807) is 11.3 Å². The van der Waals surface area contributed by atoms with Crippen molar-refractivity contribution in [3.63, 3.8) is 0 Å². The number of thiophene rings is 1. The Labute approximate surface area is 123 Å². The van der Waals surface area contributed by atoms with Gasteiger partial charge in [-0.1, -0.05) is 17.7 Å². The number of halogens is 1. The van der Waals surface area contributed by atoms with Crippen molar-refractivity contribution < 1.29 is 0 Å². The minimum Gasteiger partial charge on any atom is -0.324 e. The maximum atomic E-state index is 6.11. The third-order valence-corrected chi connectivity index (χ3v) is 4.45. The van der Waals surface area contributed by atoms with Gasteiger partial charge in [-0.3, -0.25) is 0 Å². The molecule has 0 bridgehead atoms. The quantitative estimate of drug-likeness (QED) is 0.918. The molecule has 0 fully saturated rings. The number of hydrogen-bond acceptors (Lipinski definition) is 3. The smallest absolute Gasteiger partial charge is 0.0409 e. The van der Waals surface area contributed by atoms with E-state index in [1.807, 2.05) is 19.1 Å². The molecule has 1 aromatic heterocycles. The third kappa shape index (κ3) is 3.57. The highest BCUT2D eigenvalue weighted by molar-refractivity contribution is 7.15. The van der Waals surface area contributed by atoms with Crippen LogP contribution in [0.4, 0.5) is 0 Å². The van der Waals surface area contributed by atoms with Crippen LogP contribution in [0.1, 0.15) is 23.4 Å². The molecule has 4 heteroatoms. The van der Waals surface area contributed by atoms with Crippen LogP contribution in [-0.4, -0.2) is 19.0 Å². The number of benzene rings is 1. The Morgan fingerprint density at radius 3 is 2.58 bits per heavy atom. The molecule has 2 aromatic rings. The molecule has 0 aliphatic carbocycles. The fraction of sp³-hybridized carbons (Fsp3) is 0.333. The van der Waals surface area contributed by atoms with Gasteiger partial charge in [0.2, 0.25) is 0 Å². The molecular weight excluding hydrogens is 276 g/mol. The van der Waals surface area contributed by atoms with Crippen LogP contribution in [0, 0.1) is 0 Å². The molecule has 1 atom stereocenters. The molecule has 0 spiro atoms. The molecule has 0 unspecified atom stereocenters. The molecule has 1 aromatic carbocycles. The first-order valence-electron chi connectivity index (χ1n) is 6.26. The van der Waals surface area contributed by atoms with Gasteiger partial charge in [0.25, 0.3) is 0 Å². The third-order valence-electron chi connectivity index (χ3n) is 2.89. The van der Waals surface area contributed by atoms with Gasteiger partial charge in [0.15, 0.2) is 0 Å². The summed E-state index contributed by atoms with van der Waals surface area (Å²) >= 11 is 7.86. The SMILES string of the molecule is C[C@@H](N)c1ccc(-c2ccc(Cl)cc2CN(C)C)s1. The van der Waals surface area contributed by atoms with Crippen LogP contribution >= 0.6 is 22.9 Å². The van der Waals surface area contributed by atoms with E-state index >= 15 is 0 Å². The molecule has 1 heterocycles. The number of nitrogens with zero attached hydrogens (tertiary/aromatic N) is 1. The standard InChI is InChI=1S/C15H19ClN2S/c1-10(17)14-6-7-15(19-14)13-5-4-12(16)8-11(13)9-18(2)3/h4-8,10H,9,17H2,1-3H3/t10-/m1/s1. The predicted molar refractivity (Wildman–Crippen MR) is 84.8 cm³/mol. The van der Waals surface area contributed by atoms with Crippen molar-refractivity contribution in [1.29, 1.82) is 0 Å². The number of rotatable bonds is 4.